The molecule has 0 fully saturated rings. The normalized spacial score (nSPS) is 12.3. The number of aliphatic hydroxyl groups is 1. The third kappa shape index (κ3) is 3.64. The van der Waals surface area contributed by atoms with Crippen LogP contribution in [-0.2, 0) is 0 Å². The molecule has 1 rings (SSSR count). The third-order valence-corrected chi connectivity index (χ3v) is 3.28. The SMILES string of the molecule is COc1cc(Br)c(OCC(C)CO)cc1Br. The molecule has 1 aromatic rings. The van der Waals surface area contributed by atoms with E-state index in [1.165, 1.54) is 0 Å². The van der Waals surface area contributed by atoms with Crippen LogP contribution in [0.2, 0.25) is 0 Å². The van der Waals surface area contributed by atoms with E-state index in [1.54, 1.807) is 7.11 Å². The van der Waals surface area contributed by atoms with Crippen molar-refractivity contribution in [1.82, 2.24) is 0 Å². The zero-order chi connectivity index (χ0) is 12.1. The van der Waals surface area contributed by atoms with Crippen LogP contribution < -0.4 is 9.47 Å². The van der Waals surface area contributed by atoms with Crippen molar-refractivity contribution < 1.29 is 14.6 Å². The van der Waals surface area contributed by atoms with E-state index in [1.807, 2.05) is 19.1 Å². The molecule has 1 atom stereocenters. The van der Waals surface area contributed by atoms with Gasteiger partial charge < -0.3 is 14.6 Å². The largest absolute Gasteiger partial charge is 0.496 e. The fourth-order valence-electron chi connectivity index (χ4n) is 1.06. The standard InChI is InChI=1S/C11H14Br2O3/c1-7(5-14)6-16-11-4-8(12)10(15-2)3-9(11)13/h3-4,7,14H,5-6H2,1-2H3. The van der Waals surface area contributed by atoms with E-state index in [-0.39, 0.29) is 12.5 Å². The summed E-state index contributed by atoms with van der Waals surface area (Å²) in [6, 6.07) is 3.68. The highest BCUT2D eigenvalue weighted by Gasteiger charge is 2.09. The van der Waals surface area contributed by atoms with Crippen LogP contribution in [0.25, 0.3) is 0 Å². The average Bonchev–Trinajstić information content (AvgIpc) is 2.29. The van der Waals surface area contributed by atoms with Crippen LogP contribution in [-0.4, -0.2) is 25.4 Å². The minimum absolute atomic E-state index is 0.118. The Morgan fingerprint density at radius 2 is 1.81 bits per heavy atom. The van der Waals surface area contributed by atoms with Crippen molar-refractivity contribution in [1.29, 1.82) is 0 Å². The Morgan fingerprint density at radius 1 is 1.25 bits per heavy atom. The lowest BCUT2D eigenvalue weighted by Crippen LogP contribution is -2.12. The molecular formula is C11H14Br2O3. The van der Waals surface area contributed by atoms with Gasteiger partial charge in [-0.25, -0.2) is 0 Å². The first-order valence-electron chi connectivity index (χ1n) is 4.85. The Hall–Kier alpha value is -0.260. The highest BCUT2D eigenvalue weighted by Crippen LogP contribution is 2.36. The van der Waals surface area contributed by atoms with Gasteiger partial charge in [0.05, 0.1) is 22.7 Å². The summed E-state index contributed by atoms with van der Waals surface area (Å²) >= 11 is 6.80. The molecule has 0 aromatic heterocycles. The van der Waals surface area contributed by atoms with E-state index < -0.39 is 0 Å². The van der Waals surface area contributed by atoms with Crippen molar-refractivity contribution in [2.75, 3.05) is 20.3 Å². The molecule has 0 aliphatic carbocycles. The molecule has 0 aliphatic heterocycles. The summed E-state index contributed by atoms with van der Waals surface area (Å²) in [4.78, 5) is 0. The molecule has 0 aliphatic rings. The van der Waals surface area contributed by atoms with Crippen molar-refractivity contribution in [2.45, 2.75) is 6.92 Å². The molecule has 5 heteroatoms. The van der Waals surface area contributed by atoms with Crippen LogP contribution in [0.3, 0.4) is 0 Å². The Kier molecular flexibility index (Phi) is 5.58. The molecule has 3 nitrogen and oxygen atoms in total. The van der Waals surface area contributed by atoms with Gasteiger partial charge in [-0.05, 0) is 44.0 Å². The first-order chi connectivity index (χ1) is 7.58. The van der Waals surface area contributed by atoms with Crippen molar-refractivity contribution >= 4 is 31.9 Å². The number of hydrogen-bond donors (Lipinski definition) is 1. The van der Waals surface area contributed by atoms with E-state index in [2.05, 4.69) is 31.9 Å². The van der Waals surface area contributed by atoms with Crippen LogP contribution in [0.5, 0.6) is 11.5 Å². The van der Waals surface area contributed by atoms with E-state index in [4.69, 9.17) is 14.6 Å². The highest BCUT2D eigenvalue weighted by molar-refractivity contribution is 9.11. The van der Waals surface area contributed by atoms with Gasteiger partial charge in [0.25, 0.3) is 0 Å². The van der Waals surface area contributed by atoms with Crippen molar-refractivity contribution in [3.63, 3.8) is 0 Å². The molecule has 1 unspecified atom stereocenters. The molecule has 1 aromatic carbocycles. The highest BCUT2D eigenvalue weighted by atomic mass is 79.9. The third-order valence-electron chi connectivity index (χ3n) is 2.04. The van der Waals surface area contributed by atoms with Gasteiger partial charge in [0.2, 0.25) is 0 Å². The maximum Gasteiger partial charge on any atom is 0.134 e. The molecule has 90 valence electrons. The van der Waals surface area contributed by atoms with Gasteiger partial charge in [0.1, 0.15) is 11.5 Å². The minimum Gasteiger partial charge on any atom is -0.496 e. The molecular weight excluding hydrogens is 340 g/mol. The first kappa shape index (κ1) is 13.8. The monoisotopic (exact) mass is 352 g/mol. The molecule has 16 heavy (non-hydrogen) atoms. The zero-order valence-electron chi connectivity index (χ0n) is 9.17. The molecule has 0 spiro atoms. The summed E-state index contributed by atoms with van der Waals surface area (Å²) in [5, 5.41) is 8.90. The fraction of sp³-hybridized carbons (Fsp3) is 0.455. The van der Waals surface area contributed by atoms with Gasteiger partial charge in [0, 0.05) is 12.5 Å². The number of ether oxygens (including phenoxy) is 2. The smallest absolute Gasteiger partial charge is 0.134 e. The van der Waals surface area contributed by atoms with E-state index in [0.29, 0.717) is 6.61 Å². The number of rotatable bonds is 5. The number of aliphatic hydroxyl groups excluding tert-OH is 1. The van der Waals surface area contributed by atoms with Crippen LogP contribution in [0.1, 0.15) is 6.92 Å². The van der Waals surface area contributed by atoms with Gasteiger partial charge in [-0.2, -0.15) is 0 Å². The van der Waals surface area contributed by atoms with Crippen molar-refractivity contribution in [3.05, 3.63) is 21.1 Å². The second-order valence-electron chi connectivity index (χ2n) is 3.52. The van der Waals surface area contributed by atoms with Gasteiger partial charge >= 0.3 is 0 Å². The number of halogens is 2. The van der Waals surface area contributed by atoms with Crippen LogP contribution >= 0.6 is 31.9 Å². The zero-order valence-corrected chi connectivity index (χ0v) is 12.3. The summed E-state index contributed by atoms with van der Waals surface area (Å²) < 4.78 is 12.4. The van der Waals surface area contributed by atoms with Crippen LogP contribution in [0, 0.1) is 5.92 Å². The Bertz CT molecular complexity index is 355. The minimum atomic E-state index is 0.118. The predicted octanol–water partition coefficient (Wildman–Crippen LogP) is 3.23. The fourth-order valence-corrected chi connectivity index (χ4v) is 1.98. The molecule has 0 saturated heterocycles. The molecule has 0 saturated carbocycles. The maximum atomic E-state index is 8.90. The molecule has 0 amide bonds. The topological polar surface area (TPSA) is 38.7 Å². The second kappa shape index (κ2) is 6.47. The van der Waals surface area contributed by atoms with Crippen molar-refractivity contribution in [2.24, 2.45) is 5.92 Å². The second-order valence-corrected chi connectivity index (χ2v) is 5.22. The summed E-state index contributed by atoms with van der Waals surface area (Å²) in [7, 11) is 1.61. The van der Waals surface area contributed by atoms with Crippen molar-refractivity contribution in [3.8, 4) is 11.5 Å². The molecule has 1 N–H and O–H groups in total. The summed E-state index contributed by atoms with van der Waals surface area (Å²) in [5.74, 6) is 1.59. The summed E-state index contributed by atoms with van der Waals surface area (Å²) in [6.07, 6.45) is 0. The van der Waals surface area contributed by atoms with Gasteiger partial charge in [-0.15, -0.1) is 0 Å². The van der Waals surface area contributed by atoms with E-state index >= 15 is 0 Å². The average molecular weight is 354 g/mol. The lowest BCUT2D eigenvalue weighted by molar-refractivity contribution is 0.173. The maximum absolute atomic E-state index is 8.90. The lowest BCUT2D eigenvalue weighted by Gasteiger charge is -2.13. The van der Waals surface area contributed by atoms with Gasteiger partial charge in [-0.3, -0.25) is 0 Å². The molecule has 0 radical (unpaired) electrons. The molecule has 0 bridgehead atoms. The van der Waals surface area contributed by atoms with E-state index in [0.717, 1.165) is 20.4 Å². The van der Waals surface area contributed by atoms with Gasteiger partial charge in [0.15, 0.2) is 0 Å². The Balaban J connectivity index is 2.77. The predicted molar refractivity (Wildman–Crippen MR) is 70.1 cm³/mol. The summed E-state index contributed by atoms with van der Waals surface area (Å²) in [5.41, 5.74) is 0. The quantitative estimate of drug-likeness (QED) is 0.883. The van der Waals surface area contributed by atoms with Crippen LogP contribution in [0.4, 0.5) is 0 Å². The summed E-state index contributed by atoms with van der Waals surface area (Å²) in [6.45, 7) is 2.52. The van der Waals surface area contributed by atoms with E-state index in [9.17, 15) is 0 Å². The van der Waals surface area contributed by atoms with Gasteiger partial charge in [-0.1, -0.05) is 6.92 Å². The lowest BCUT2D eigenvalue weighted by atomic mass is 10.2. The molecule has 0 heterocycles. The number of methoxy groups -OCH3 is 1. The first-order valence-corrected chi connectivity index (χ1v) is 6.43. The number of hydrogen-bond acceptors (Lipinski definition) is 3. The Labute approximate surface area is 112 Å². The van der Waals surface area contributed by atoms with Crippen LogP contribution in [0.15, 0.2) is 21.1 Å². The Morgan fingerprint density at radius 3 is 2.38 bits per heavy atom. The number of benzene rings is 1.